The Balaban J connectivity index is 2.05. The van der Waals surface area contributed by atoms with E-state index >= 15 is 0 Å². The van der Waals surface area contributed by atoms with Crippen LogP contribution < -0.4 is 5.32 Å². The van der Waals surface area contributed by atoms with Crippen molar-refractivity contribution in [1.29, 1.82) is 0 Å². The van der Waals surface area contributed by atoms with E-state index < -0.39 is 0 Å². The predicted molar refractivity (Wildman–Crippen MR) is 82.6 cm³/mol. The lowest BCUT2D eigenvalue weighted by atomic mass is 10.0. The Morgan fingerprint density at radius 2 is 2.26 bits per heavy atom. The first-order valence-corrected chi connectivity index (χ1v) is 8.27. The van der Waals surface area contributed by atoms with E-state index in [0.29, 0.717) is 5.92 Å². The van der Waals surface area contributed by atoms with Crippen molar-refractivity contribution in [2.75, 3.05) is 20.1 Å². The second-order valence-electron chi connectivity index (χ2n) is 6.08. The van der Waals surface area contributed by atoms with Gasteiger partial charge in [0.1, 0.15) is 5.01 Å². The van der Waals surface area contributed by atoms with Crippen molar-refractivity contribution in [3.05, 3.63) is 15.6 Å². The molecule has 1 N–H and O–H groups in total. The lowest BCUT2D eigenvalue weighted by molar-refractivity contribution is 0.176. The van der Waals surface area contributed by atoms with Crippen LogP contribution in [0.25, 0.3) is 0 Å². The van der Waals surface area contributed by atoms with Gasteiger partial charge in [0.05, 0.1) is 12.2 Å². The maximum absolute atomic E-state index is 4.88. The highest BCUT2D eigenvalue weighted by molar-refractivity contribution is 7.11. The summed E-state index contributed by atoms with van der Waals surface area (Å²) in [7, 11) is 2.01. The molecule has 1 aliphatic rings. The van der Waals surface area contributed by atoms with Gasteiger partial charge in [0, 0.05) is 18.0 Å². The SMILES string of the molecule is CNCc1sc(CN2CCCC(C)C2)nc1C(C)C. The van der Waals surface area contributed by atoms with Crippen LogP contribution in [-0.2, 0) is 13.1 Å². The molecule has 19 heavy (non-hydrogen) atoms. The Labute approximate surface area is 121 Å². The fourth-order valence-electron chi connectivity index (χ4n) is 2.84. The van der Waals surface area contributed by atoms with Gasteiger partial charge in [-0.05, 0) is 38.3 Å². The number of hydrogen-bond acceptors (Lipinski definition) is 4. The van der Waals surface area contributed by atoms with Gasteiger partial charge in [0.2, 0.25) is 0 Å². The summed E-state index contributed by atoms with van der Waals surface area (Å²) in [6, 6.07) is 0. The molecule has 0 aliphatic carbocycles. The van der Waals surface area contributed by atoms with Gasteiger partial charge in [-0.2, -0.15) is 0 Å². The Bertz CT molecular complexity index is 400. The molecular weight excluding hydrogens is 254 g/mol. The smallest absolute Gasteiger partial charge is 0.107 e. The van der Waals surface area contributed by atoms with E-state index in [4.69, 9.17) is 4.98 Å². The van der Waals surface area contributed by atoms with Crippen LogP contribution in [0.4, 0.5) is 0 Å². The molecule has 1 unspecified atom stereocenters. The second kappa shape index (κ2) is 6.82. The number of piperidine rings is 1. The van der Waals surface area contributed by atoms with Gasteiger partial charge in [0.25, 0.3) is 0 Å². The number of nitrogens with one attached hydrogen (secondary N) is 1. The number of aromatic nitrogens is 1. The zero-order valence-electron chi connectivity index (χ0n) is 12.7. The van der Waals surface area contributed by atoms with E-state index in [9.17, 15) is 0 Å². The maximum atomic E-state index is 4.88. The molecule has 1 aromatic rings. The van der Waals surface area contributed by atoms with Crippen LogP contribution in [0.1, 0.15) is 55.1 Å². The van der Waals surface area contributed by atoms with Crippen molar-refractivity contribution in [1.82, 2.24) is 15.2 Å². The first-order chi connectivity index (χ1) is 9.10. The van der Waals surface area contributed by atoms with E-state index in [1.807, 2.05) is 18.4 Å². The van der Waals surface area contributed by atoms with Crippen molar-refractivity contribution in [2.45, 2.75) is 52.6 Å². The van der Waals surface area contributed by atoms with Crippen molar-refractivity contribution < 1.29 is 0 Å². The zero-order valence-corrected chi connectivity index (χ0v) is 13.5. The van der Waals surface area contributed by atoms with Crippen molar-refractivity contribution in [2.24, 2.45) is 5.92 Å². The predicted octanol–water partition coefficient (Wildman–Crippen LogP) is 3.22. The van der Waals surface area contributed by atoms with Gasteiger partial charge in [-0.3, -0.25) is 4.90 Å². The first-order valence-electron chi connectivity index (χ1n) is 7.45. The van der Waals surface area contributed by atoms with Crippen molar-refractivity contribution in [3.8, 4) is 0 Å². The third kappa shape index (κ3) is 4.01. The fraction of sp³-hybridized carbons (Fsp3) is 0.800. The summed E-state index contributed by atoms with van der Waals surface area (Å²) >= 11 is 1.89. The molecule has 0 amide bonds. The van der Waals surface area contributed by atoms with Crippen LogP contribution in [0, 0.1) is 5.92 Å². The third-order valence-electron chi connectivity index (χ3n) is 3.76. The quantitative estimate of drug-likeness (QED) is 0.898. The van der Waals surface area contributed by atoms with Crippen molar-refractivity contribution in [3.63, 3.8) is 0 Å². The molecule has 1 aromatic heterocycles. The summed E-state index contributed by atoms with van der Waals surface area (Å²) in [6.45, 7) is 11.3. The lowest BCUT2D eigenvalue weighted by Gasteiger charge is -2.29. The van der Waals surface area contributed by atoms with Crippen LogP contribution >= 0.6 is 11.3 Å². The van der Waals surface area contributed by atoms with Crippen molar-refractivity contribution >= 4 is 11.3 Å². The average Bonchev–Trinajstić information content (AvgIpc) is 2.73. The first kappa shape index (κ1) is 14.9. The van der Waals surface area contributed by atoms with E-state index in [0.717, 1.165) is 19.0 Å². The van der Waals surface area contributed by atoms with Gasteiger partial charge in [-0.15, -0.1) is 11.3 Å². The Hall–Kier alpha value is -0.450. The minimum absolute atomic E-state index is 0.522. The molecule has 1 fully saturated rings. The van der Waals surface area contributed by atoms with Crippen LogP contribution in [0.15, 0.2) is 0 Å². The number of thiazole rings is 1. The summed E-state index contributed by atoms with van der Waals surface area (Å²) in [5, 5.41) is 4.55. The maximum Gasteiger partial charge on any atom is 0.107 e. The minimum Gasteiger partial charge on any atom is -0.315 e. The molecule has 1 atom stereocenters. The highest BCUT2D eigenvalue weighted by Crippen LogP contribution is 2.27. The number of likely N-dealkylation sites (tertiary alicyclic amines) is 1. The summed E-state index contributed by atoms with van der Waals surface area (Å²) in [5.41, 5.74) is 1.29. The van der Waals surface area contributed by atoms with E-state index in [1.165, 1.54) is 41.5 Å². The van der Waals surface area contributed by atoms with E-state index in [-0.39, 0.29) is 0 Å². The second-order valence-corrected chi connectivity index (χ2v) is 7.25. The van der Waals surface area contributed by atoms with Gasteiger partial charge in [0.15, 0.2) is 0 Å². The van der Waals surface area contributed by atoms with Crippen LogP contribution in [0.3, 0.4) is 0 Å². The third-order valence-corrected chi connectivity index (χ3v) is 4.81. The number of hydrogen-bond donors (Lipinski definition) is 1. The van der Waals surface area contributed by atoms with Gasteiger partial charge >= 0.3 is 0 Å². The molecule has 0 spiro atoms. The average molecular weight is 281 g/mol. The standard InChI is InChI=1S/C15H27N3S/c1-11(2)15-13(8-16-4)19-14(17-15)10-18-7-5-6-12(3)9-18/h11-12,16H,5-10H2,1-4H3. The minimum atomic E-state index is 0.522. The molecule has 0 saturated carbocycles. The summed E-state index contributed by atoms with van der Waals surface area (Å²) < 4.78 is 0. The van der Waals surface area contributed by atoms with Gasteiger partial charge < -0.3 is 5.32 Å². The highest BCUT2D eigenvalue weighted by Gasteiger charge is 2.19. The van der Waals surface area contributed by atoms with Gasteiger partial charge in [-0.1, -0.05) is 20.8 Å². The molecule has 1 aliphatic heterocycles. The molecule has 108 valence electrons. The topological polar surface area (TPSA) is 28.2 Å². The van der Waals surface area contributed by atoms with Crippen LogP contribution in [0.2, 0.25) is 0 Å². The molecule has 2 heterocycles. The molecule has 2 rings (SSSR count). The summed E-state index contributed by atoms with van der Waals surface area (Å²) in [4.78, 5) is 8.87. The van der Waals surface area contributed by atoms with Gasteiger partial charge in [-0.25, -0.2) is 4.98 Å². The van der Waals surface area contributed by atoms with E-state index in [2.05, 4.69) is 31.0 Å². The Kier molecular flexibility index (Phi) is 5.37. The largest absolute Gasteiger partial charge is 0.315 e. The molecule has 0 radical (unpaired) electrons. The molecule has 1 saturated heterocycles. The summed E-state index contributed by atoms with van der Waals surface area (Å²) in [6.07, 6.45) is 2.73. The Morgan fingerprint density at radius 3 is 2.89 bits per heavy atom. The van der Waals surface area contributed by atoms with E-state index in [1.54, 1.807) is 0 Å². The Morgan fingerprint density at radius 1 is 1.47 bits per heavy atom. The zero-order chi connectivity index (χ0) is 13.8. The van der Waals surface area contributed by atoms with Crippen LogP contribution in [0.5, 0.6) is 0 Å². The molecular formula is C15H27N3S. The molecule has 0 bridgehead atoms. The molecule has 3 nitrogen and oxygen atoms in total. The normalized spacial score (nSPS) is 21.2. The van der Waals surface area contributed by atoms with Crippen LogP contribution in [-0.4, -0.2) is 30.0 Å². The monoisotopic (exact) mass is 281 g/mol. The summed E-state index contributed by atoms with van der Waals surface area (Å²) in [5.74, 6) is 1.36. The fourth-order valence-corrected chi connectivity index (χ4v) is 4.12. The number of rotatable bonds is 5. The highest BCUT2D eigenvalue weighted by atomic mass is 32.1. The molecule has 4 heteroatoms. The lowest BCUT2D eigenvalue weighted by Crippen LogP contribution is -2.33. The number of nitrogens with zero attached hydrogens (tertiary/aromatic N) is 2. The molecule has 0 aromatic carbocycles.